The maximum absolute atomic E-state index is 12.3. The number of allylic oxidation sites excluding steroid dienone is 4. The molecule has 0 saturated heterocycles. The zero-order valence-corrected chi connectivity index (χ0v) is 13.1. The number of rotatable bonds is 2. The van der Waals surface area contributed by atoms with Gasteiger partial charge in [0.15, 0.2) is 11.5 Å². The number of nitrogens with zero attached hydrogens (tertiary/aromatic N) is 2. The predicted octanol–water partition coefficient (Wildman–Crippen LogP) is 1.93. The Hall–Kier alpha value is -2.43. The lowest BCUT2D eigenvalue weighted by molar-refractivity contribution is -0.138. The molecular formula is C17H18N2O3. The van der Waals surface area contributed by atoms with Gasteiger partial charge in [-0.15, -0.1) is 0 Å². The molecule has 3 rings (SSSR count). The van der Waals surface area contributed by atoms with Crippen LogP contribution in [0.1, 0.15) is 20.8 Å². The summed E-state index contributed by atoms with van der Waals surface area (Å²) in [5, 5.41) is 0. The van der Waals surface area contributed by atoms with Crippen LogP contribution in [0.5, 0.6) is 0 Å². The second-order valence-electron chi connectivity index (χ2n) is 5.54. The van der Waals surface area contributed by atoms with E-state index >= 15 is 0 Å². The van der Waals surface area contributed by atoms with Crippen molar-refractivity contribution in [3.8, 4) is 0 Å². The molecule has 5 heteroatoms. The Morgan fingerprint density at radius 2 is 2.09 bits per heavy atom. The van der Waals surface area contributed by atoms with Gasteiger partial charge in [-0.1, -0.05) is 6.08 Å². The summed E-state index contributed by atoms with van der Waals surface area (Å²) in [6, 6.07) is -0.109. The van der Waals surface area contributed by atoms with E-state index in [1.807, 2.05) is 20.0 Å². The van der Waals surface area contributed by atoms with Gasteiger partial charge in [0, 0.05) is 24.4 Å². The molecule has 0 saturated carbocycles. The molecule has 0 amide bonds. The van der Waals surface area contributed by atoms with Gasteiger partial charge in [-0.2, -0.15) is 0 Å². The van der Waals surface area contributed by atoms with Crippen molar-refractivity contribution in [1.82, 2.24) is 4.90 Å². The smallest absolute Gasteiger partial charge is 0.357 e. The van der Waals surface area contributed by atoms with E-state index in [1.165, 1.54) is 11.6 Å². The minimum absolute atomic E-state index is 0.0795. The van der Waals surface area contributed by atoms with Crippen LogP contribution in [0.15, 0.2) is 51.3 Å². The number of esters is 1. The summed E-state index contributed by atoms with van der Waals surface area (Å²) in [5.74, 6) is -0.750. The first-order valence-corrected chi connectivity index (χ1v) is 7.30. The number of hydrogen-bond acceptors (Lipinski definition) is 5. The van der Waals surface area contributed by atoms with Gasteiger partial charge >= 0.3 is 5.97 Å². The minimum Gasteiger partial charge on any atom is -0.461 e. The Bertz CT molecular complexity index is 735. The maximum atomic E-state index is 12.3. The van der Waals surface area contributed by atoms with Gasteiger partial charge in [-0.3, -0.25) is 4.79 Å². The van der Waals surface area contributed by atoms with Crippen molar-refractivity contribution >= 4 is 17.5 Å². The van der Waals surface area contributed by atoms with Crippen molar-refractivity contribution in [2.24, 2.45) is 4.99 Å². The molecule has 0 fully saturated rings. The maximum Gasteiger partial charge on any atom is 0.357 e. The number of carbonyl (C=O) groups excluding carboxylic acids is 2. The van der Waals surface area contributed by atoms with Crippen molar-refractivity contribution in [3.05, 3.63) is 46.3 Å². The summed E-state index contributed by atoms with van der Waals surface area (Å²) in [5.41, 5.74) is 4.72. The van der Waals surface area contributed by atoms with Crippen LogP contribution in [-0.2, 0) is 14.3 Å². The predicted molar refractivity (Wildman–Crippen MR) is 83.2 cm³/mol. The lowest BCUT2D eigenvalue weighted by atomic mass is 9.86. The fourth-order valence-corrected chi connectivity index (χ4v) is 3.04. The second kappa shape index (κ2) is 5.09. The molecule has 114 valence electrons. The highest BCUT2D eigenvalue weighted by Gasteiger charge is 2.40. The van der Waals surface area contributed by atoms with Crippen LogP contribution in [0.25, 0.3) is 0 Å². The molecule has 0 aromatic carbocycles. The average Bonchev–Trinajstić information content (AvgIpc) is 2.72. The molecule has 0 radical (unpaired) electrons. The number of ketones is 1. The zero-order chi connectivity index (χ0) is 16.0. The van der Waals surface area contributed by atoms with Gasteiger partial charge in [-0.25, -0.2) is 9.79 Å². The molecule has 3 aliphatic rings. The van der Waals surface area contributed by atoms with Crippen molar-refractivity contribution in [2.75, 3.05) is 13.7 Å². The monoisotopic (exact) mass is 298 g/mol. The molecule has 0 spiro atoms. The third kappa shape index (κ3) is 1.96. The second-order valence-corrected chi connectivity index (χ2v) is 5.54. The lowest BCUT2D eigenvalue weighted by Crippen LogP contribution is -2.40. The lowest BCUT2D eigenvalue weighted by Gasteiger charge is -2.30. The van der Waals surface area contributed by atoms with Crippen molar-refractivity contribution < 1.29 is 14.3 Å². The Morgan fingerprint density at radius 1 is 1.36 bits per heavy atom. The molecular weight excluding hydrogens is 280 g/mol. The first-order valence-electron chi connectivity index (χ1n) is 7.30. The van der Waals surface area contributed by atoms with Gasteiger partial charge in [0.1, 0.15) is 0 Å². The number of hydrogen-bond donors (Lipinski definition) is 0. The number of carbonyl (C=O) groups is 2. The Labute approximate surface area is 129 Å². The first kappa shape index (κ1) is 14.5. The minimum atomic E-state index is -0.555. The summed E-state index contributed by atoms with van der Waals surface area (Å²) >= 11 is 0. The summed E-state index contributed by atoms with van der Waals surface area (Å²) in [6.07, 6.45) is 5.03. The van der Waals surface area contributed by atoms with E-state index in [9.17, 15) is 9.59 Å². The van der Waals surface area contributed by atoms with Crippen LogP contribution < -0.4 is 0 Å². The molecule has 2 aliphatic heterocycles. The number of aliphatic imine (C=N–C) groups is 1. The van der Waals surface area contributed by atoms with Crippen LogP contribution in [0.4, 0.5) is 0 Å². The van der Waals surface area contributed by atoms with E-state index in [4.69, 9.17) is 4.74 Å². The summed E-state index contributed by atoms with van der Waals surface area (Å²) in [7, 11) is 1.97. The standard InChI is InChI=1S/C17H18N2O3/c1-5-22-17(21)13-8-14(20)12-7-6-11-9(2)10(3)19(4)16(11)15(12)18-13/h6-8,16H,5H2,1-4H3. The molecule has 0 N–H and O–H groups in total. The third-order valence-electron chi connectivity index (χ3n) is 4.41. The molecule has 0 aromatic rings. The molecule has 1 unspecified atom stereocenters. The van der Waals surface area contributed by atoms with Crippen LogP contribution in [0, 0.1) is 0 Å². The Kier molecular flexibility index (Phi) is 3.35. The summed E-state index contributed by atoms with van der Waals surface area (Å²) in [6.45, 7) is 6.09. The summed E-state index contributed by atoms with van der Waals surface area (Å²) in [4.78, 5) is 30.8. The van der Waals surface area contributed by atoms with Crippen molar-refractivity contribution in [2.45, 2.75) is 26.8 Å². The molecule has 2 heterocycles. The highest BCUT2D eigenvalue weighted by atomic mass is 16.5. The van der Waals surface area contributed by atoms with E-state index in [-0.39, 0.29) is 24.1 Å². The van der Waals surface area contributed by atoms with Gasteiger partial charge in [0.25, 0.3) is 0 Å². The molecule has 1 atom stereocenters. The van der Waals surface area contributed by atoms with Crippen LogP contribution >= 0.6 is 0 Å². The highest BCUT2D eigenvalue weighted by Crippen LogP contribution is 2.38. The van der Waals surface area contributed by atoms with Crippen molar-refractivity contribution in [3.63, 3.8) is 0 Å². The van der Waals surface area contributed by atoms with E-state index in [1.54, 1.807) is 13.0 Å². The number of fused-ring (bicyclic) bond motifs is 3. The average molecular weight is 298 g/mol. The zero-order valence-electron chi connectivity index (χ0n) is 13.1. The van der Waals surface area contributed by atoms with Gasteiger partial charge in [0.2, 0.25) is 0 Å². The van der Waals surface area contributed by atoms with Gasteiger partial charge in [0.05, 0.1) is 18.4 Å². The highest BCUT2D eigenvalue weighted by molar-refractivity contribution is 6.32. The number of ether oxygens (including phenoxy) is 1. The van der Waals surface area contributed by atoms with Crippen molar-refractivity contribution in [1.29, 1.82) is 0 Å². The SMILES string of the molecule is CCOC(=O)C1=CC(=O)C2=CC=C3C(C)=C(C)N(C)C3C2=N1. The van der Waals surface area contributed by atoms with Crippen LogP contribution in [0.3, 0.4) is 0 Å². The normalized spacial score (nSPS) is 23.4. The number of likely N-dealkylation sites (N-methyl/N-ethyl adjacent to an activating group) is 1. The fraction of sp³-hybridized carbons (Fsp3) is 0.353. The largest absolute Gasteiger partial charge is 0.461 e. The molecule has 0 bridgehead atoms. The fourth-order valence-electron chi connectivity index (χ4n) is 3.04. The van der Waals surface area contributed by atoms with Crippen LogP contribution in [0.2, 0.25) is 0 Å². The van der Waals surface area contributed by atoms with E-state index < -0.39 is 5.97 Å². The molecule has 1 aliphatic carbocycles. The van der Waals surface area contributed by atoms with Gasteiger partial charge < -0.3 is 9.64 Å². The molecule has 0 aromatic heterocycles. The molecule has 5 nitrogen and oxygen atoms in total. The van der Waals surface area contributed by atoms with E-state index in [0.29, 0.717) is 11.3 Å². The quantitative estimate of drug-likeness (QED) is 0.731. The first-order chi connectivity index (χ1) is 10.5. The van der Waals surface area contributed by atoms with Crippen LogP contribution in [-0.4, -0.2) is 42.1 Å². The topological polar surface area (TPSA) is 59.0 Å². The molecule has 22 heavy (non-hydrogen) atoms. The summed E-state index contributed by atoms with van der Waals surface area (Å²) < 4.78 is 4.97. The van der Waals surface area contributed by atoms with Gasteiger partial charge in [-0.05, 0) is 38.0 Å². The Morgan fingerprint density at radius 3 is 2.77 bits per heavy atom. The van der Waals surface area contributed by atoms with E-state index in [2.05, 4.69) is 16.8 Å². The Balaban J connectivity index is 2.06. The third-order valence-corrected chi connectivity index (χ3v) is 4.41. The van der Waals surface area contributed by atoms with E-state index in [0.717, 1.165) is 11.3 Å².